The van der Waals surface area contributed by atoms with Gasteiger partial charge in [0, 0.05) is 65.2 Å². The first-order chi connectivity index (χ1) is 24.5. The number of rotatable bonds is 12. The predicted octanol–water partition coefficient (Wildman–Crippen LogP) is 8.12. The van der Waals surface area contributed by atoms with Gasteiger partial charge in [0.1, 0.15) is 5.75 Å². The number of amides is 1. The molecule has 2 N–H and O–H groups in total. The van der Waals surface area contributed by atoms with Gasteiger partial charge < -0.3 is 19.4 Å². The Balaban J connectivity index is 1.20. The smallest absolute Gasteiger partial charge is 0.318 e. The number of hydrogen-bond acceptors (Lipinski definition) is 10. The Hall–Kier alpha value is -4.17. The highest BCUT2D eigenvalue weighted by Gasteiger charge is 2.28. The second-order valence-electron chi connectivity index (χ2n) is 14.4. The molecular formula is C38H45ClN6O5S2. The van der Waals surface area contributed by atoms with Crippen molar-refractivity contribution in [3.8, 4) is 5.75 Å². The summed E-state index contributed by atoms with van der Waals surface area (Å²) >= 11 is 8.02. The average molecular weight is 765 g/mol. The minimum Gasteiger partial charge on any atom is -0.491 e. The fourth-order valence-electron chi connectivity index (χ4n) is 6.21. The summed E-state index contributed by atoms with van der Waals surface area (Å²) in [4.78, 5) is 18.5. The third-order valence-electron chi connectivity index (χ3n) is 8.95. The van der Waals surface area contributed by atoms with E-state index in [1.807, 2.05) is 39.8 Å². The molecule has 276 valence electrons. The number of aromatic nitrogens is 2. The van der Waals surface area contributed by atoms with Gasteiger partial charge in [0.25, 0.3) is 5.91 Å². The summed E-state index contributed by atoms with van der Waals surface area (Å²) in [6, 6.07) is 19.6. The van der Waals surface area contributed by atoms with Crippen LogP contribution in [0.4, 0.5) is 17.4 Å². The van der Waals surface area contributed by atoms with Crippen molar-refractivity contribution in [3.63, 3.8) is 0 Å². The summed E-state index contributed by atoms with van der Waals surface area (Å²) in [5.41, 5.74) is 3.66. The molecule has 0 bridgehead atoms. The molecule has 1 amide bonds. The maximum Gasteiger partial charge on any atom is 0.318 e. The van der Waals surface area contributed by atoms with Crippen molar-refractivity contribution in [1.82, 2.24) is 15.1 Å². The third kappa shape index (κ3) is 9.06. The normalized spacial score (nSPS) is 14.4. The van der Waals surface area contributed by atoms with Crippen molar-refractivity contribution >= 4 is 66.3 Å². The Bertz CT molecular complexity index is 2190. The summed E-state index contributed by atoms with van der Waals surface area (Å²) in [5.74, 6) is 1.37. The first-order valence-corrected chi connectivity index (χ1v) is 20.4. The van der Waals surface area contributed by atoms with Crippen LogP contribution in [0.5, 0.6) is 5.75 Å². The largest absolute Gasteiger partial charge is 0.491 e. The highest BCUT2D eigenvalue weighted by Crippen LogP contribution is 2.38. The van der Waals surface area contributed by atoms with Gasteiger partial charge >= 0.3 is 6.01 Å². The lowest BCUT2D eigenvalue weighted by molar-refractivity contribution is 0.103. The highest BCUT2D eigenvalue weighted by molar-refractivity contribution is 7.92. The number of fused-ring (bicyclic) bond motifs is 1. The van der Waals surface area contributed by atoms with Gasteiger partial charge in [0.05, 0.1) is 17.2 Å². The molecule has 11 nitrogen and oxygen atoms in total. The third-order valence-corrected chi connectivity index (χ3v) is 10.9. The number of carbonyl (C=O) groups is 1. The summed E-state index contributed by atoms with van der Waals surface area (Å²) < 4.78 is 38.9. The molecule has 3 heterocycles. The molecule has 1 saturated heterocycles. The second-order valence-corrected chi connectivity index (χ2v) is 17.7. The molecule has 1 aliphatic rings. The highest BCUT2D eigenvalue weighted by atomic mass is 35.5. The number of carbonyl (C=O) groups excluding carboxylic acids is 1. The Morgan fingerprint density at radius 2 is 1.69 bits per heavy atom. The molecule has 0 unspecified atom stereocenters. The standard InChI is InChI=1S/C38H45ClN6O5S2/c1-23(2)36-41-42-37(50-36)45-12-10-44(11-13-45)22-25-14-27(20-32(15-25)49-24(3)4)38(5,6)28-18-29(39)21-31(19-28)40-35(46)34-17-26-16-30(43-52(7,47)48)8-9-33(26)51-34/h8-9,14-21,23-24,43H,10-13,22H2,1-7H3,(H,40,46). The van der Waals surface area contributed by atoms with E-state index in [2.05, 4.69) is 62.1 Å². The van der Waals surface area contributed by atoms with Crippen LogP contribution in [0.2, 0.25) is 5.02 Å². The Morgan fingerprint density at radius 1 is 0.962 bits per heavy atom. The molecular weight excluding hydrogens is 720 g/mol. The molecule has 0 radical (unpaired) electrons. The number of ether oxygens (including phenoxy) is 1. The molecule has 5 aromatic rings. The van der Waals surface area contributed by atoms with Crippen molar-refractivity contribution in [2.45, 2.75) is 65.5 Å². The Morgan fingerprint density at radius 3 is 2.37 bits per heavy atom. The molecule has 0 saturated carbocycles. The van der Waals surface area contributed by atoms with Gasteiger partial charge in [-0.25, -0.2) is 8.42 Å². The van der Waals surface area contributed by atoms with Crippen LogP contribution in [0.3, 0.4) is 0 Å². The maximum atomic E-state index is 13.5. The van der Waals surface area contributed by atoms with Gasteiger partial charge in [-0.2, -0.15) is 0 Å². The predicted molar refractivity (Wildman–Crippen MR) is 210 cm³/mol. The lowest BCUT2D eigenvalue weighted by atomic mass is 9.77. The molecule has 0 aliphatic carbocycles. The number of nitrogens with zero attached hydrogens (tertiary/aromatic N) is 4. The molecule has 0 atom stereocenters. The van der Waals surface area contributed by atoms with Gasteiger partial charge in [0.2, 0.25) is 15.9 Å². The van der Waals surface area contributed by atoms with Crippen LogP contribution in [-0.4, -0.2) is 68.0 Å². The van der Waals surface area contributed by atoms with Crippen LogP contribution < -0.4 is 19.7 Å². The zero-order valence-electron chi connectivity index (χ0n) is 30.5. The van der Waals surface area contributed by atoms with Crippen LogP contribution in [0, 0.1) is 0 Å². The zero-order chi connectivity index (χ0) is 37.4. The first-order valence-electron chi connectivity index (χ1n) is 17.3. The Kier molecular flexibility index (Phi) is 10.9. The van der Waals surface area contributed by atoms with Gasteiger partial charge in [-0.05, 0) is 90.5 Å². The van der Waals surface area contributed by atoms with E-state index in [0.29, 0.717) is 33.2 Å². The van der Waals surface area contributed by atoms with Crippen molar-refractivity contribution in [2.24, 2.45) is 0 Å². The molecule has 1 aliphatic heterocycles. The van der Waals surface area contributed by atoms with Crippen molar-refractivity contribution < 1.29 is 22.4 Å². The summed E-state index contributed by atoms with van der Waals surface area (Å²) in [7, 11) is -3.42. The summed E-state index contributed by atoms with van der Waals surface area (Å²) in [6.07, 6.45) is 1.11. The van der Waals surface area contributed by atoms with Crippen LogP contribution in [0.25, 0.3) is 10.1 Å². The van der Waals surface area contributed by atoms with Crippen LogP contribution >= 0.6 is 22.9 Å². The van der Waals surface area contributed by atoms with E-state index in [4.69, 9.17) is 20.8 Å². The summed E-state index contributed by atoms with van der Waals surface area (Å²) in [5, 5.41) is 12.8. The molecule has 52 heavy (non-hydrogen) atoms. The molecule has 0 spiro atoms. The molecule has 2 aromatic heterocycles. The van der Waals surface area contributed by atoms with Crippen LogP contribution in [-0.2, 0) is 22.0 Å². The molecule has 14 heteroatoms. The lowest BCUT2D eigenvalue weighted by Crippen LogP contribution is -2.46. The van der Waals surface area contributed by atoms with Gasteiger partial charge in [-0.3, -0.25) is 14.4 Å². The number of benzene rings is 3. The van der Waals surface area contributed by atoms with Gasteiger partial charge in [-0.1, -0.05) is 50.5 Å². The maximum absolute atomic E-state index is 13.5. The number of thiophene rings is 1. The lowest BCUT2D eigenvalue weighted by Gasteiger charge is -2.34. The average Bonchev–Trinajstić information content (AvgIpc) is 3.72. The van der Waals surface area contributed by atoms with Gasteiger partial charge in [0.15, 0.2) is 0 Å². The van der Waals surface area contributed by atoms with Crippen molar-refractivity contribution in [3.05, 3.63) is 93.1 Å². The van der Waals surface area contributed by atoms with E-state index >= 15 is 0 Å². The van der Waals surface area contributed by atoms with Crippen LogP contribution in [0.15, 0.2) is 65.1 Å². The van der Waals surface area contributed by atoms with E-state index in [-0.39, 0.29) is 17.9 Å². The number of hydrogen-bond donors (Lipinski definition) is 2. The Labute approximate surface area is 314 Å². The molecule has 6 rings (SSSR count). The first kappa shape index (κ1) is 37.6. The van der Waals surface area contributed by atoms with Crippen molar-refractivity contribution in [2.75, 3.05) is 47.4 Å². The van der Waals surface area contributed by atoms with E-state index in [1.165, 1.54) is 11.3 Å². The van der Waals surface area contributed by atoms with E-state index in [1.54, 1.807) is 30.3 Å². The minimum atomic E-state index is -3.42. The fourth-order valence-corrected chi connectivity index (χ4v) is 7.94. The molecule has 3 aromatic carbocycles. The topological polar surface area (TPSA) is 130 Å². The number of piperazine rings is 1. The number of halogens is 1. The van der Waals surface area contributed by atoms with Crippen molar-refractivity contribution in [1.29, 1.82) is 0 Å². The number of anilines is 3. The van der Waals surface area contributed by atoms with E-state index < -0.39 is 15.4 Å². The van der Waals surface area contributed by atoms with Crippen LogP contribution in [0.1, 0.15) is 79.7 Å². The quantitative estimate of drug-likeness (QED) is 0.129. The summed E-state index contributed by atoms with van der Waals surface area (Å²) in [6.45, 7) is 16.5. The van der Waals surface area contributed by atoms with E-state index in [0.717, 1.165) is 71.5 Å². The zero-order valence-corrected chi connectivity index (χ0v) is 32.9. The van der Waals surface area contributed by atoms with E-state index in [9.17, 15) is 13.2 Å². The van der Waals surface area contributed by atoms with Gasteiger partial charge in [-0.15, -0.1) is 16.4 Å². The fraction of sp³-hybridized carbons (Fsp3) is 0.395. The SMILES string of the molecule is CC(C)Oc1cc(CN2CCN(c3nnc(C(C)C)o3)CC2)cc(C(C)(C)c2cc(Cl)cc(NC(=O)c3cc4cc(NS(C)(=O)=O)ccc4s3)c2)c1. The minimum absolute atomic E-state index is 0.00399. The molecule has 1 fully saturated rings. The number of nitrogens with one attached hydrogen (secondary N) is 2. The number of sulfonamides is 1. The second kappa shape index (κ2) is 15.1. The monoisotopic (exact) mass is 764 g/mol.